The first-order valence-corrected chi connectivity index (χ1v) is 11.7. The smallest absolute Gasteiger partial charge is 0.339 e. The van der Waals surface area contributed by atoms with Crippen LogP contribution >= 0.6 is 23.4 Å². The Bertz CT molecular complexity index is 1480. The molecule has 1 aliphatic rings. The molecule has 2 aromatic carbocycles. The number of anilines is 1. The molecule has 0 fully saturated rings. The summed E-state index contributed by atoms with van der Waals surface area (Å²) in [6.45, 7) is 0. The maximum atomic E-state index is 13.3. The van der Waals surface area contributed by atoms with Gasteiger partial charge in [-0.3, -0.25) is 14.2 Å². The average Bonchev–Trinajstić information content (AvgIpc) is 3.44. The van der Waals surface area contributed by atoms with E-state index in [9.17, 15) is 14.4 Å². The number of amides is 1. The summed E-state index contributed by atoms with van der Waals surface area (Å²) >= 11 is 7.39. The van der Waals surface area contributed by atoms with E-state index in [-0.39, 0.29) is 29.5 Å². The number of hydrogen-bond acceptors (Lipinski definition) is 7. The summed E-state index contributed by atoms with van der Waals surface area (Å²) in [6, 6.07) is 13.3. The minimum absolute atomic E-state index is 0.0495. The SMILES string of the molecule is COC(=O)c1ccccc1NC(=O)CC1CSc2nc3c(cnn3-c3ccc(Cl)cc3)c(=O)n21. The molecule has 1 unspecified atom stereocenters. The molecule has 0 saturated carbocycles. The first-order valence-electron chi connectivity index (χ1n) is 10.3. The largest absolute Gasteiger partial charge is 0.465 e. The molecule has 1 amide bonds. The molecule has 0 bridgehead atoms. The molecule has 172 valence electrons. The van der Waals surface area contributed by atoms with Gasteiger partial charge in [-0.05, 0) is 36.4 Å². The first-order chi connectivity index (χ1) is 16.5. The van der Waals surface area contributed by atoms with Gasteiger partial charge in [0, 0.05) is 17.2 Å². The van der Waals surface area contributed by atoms with E-state index in [2.05, 4.69) is 15.4 Å². The molecular weight excluding hydrogens is 478 g/mol. The van der Waals surface area contributed by atoms with Crippen LogP contribution in [0.3, 0.4) is 0 Å². The number of benzene rings is 2. The summed E-state index contributed by atoms with van der Waals surface area (Å²) in [5.74, 6) is -0.341. The lowest BCUT2D eigenvalue weighted by Crippen LogP contribution is -2.28. The van der Waals surface area contributed by atoms with Crippen LogP contribution in [0.2, 0.25) is 5.02 Å². The van der Waals surface area contributed by atoms with Crippen molar-refractivity contribution in [3.63, 3.8) is 0 Å². The summed E-state index contributed by atoms with van der Waals surface area (Å²) in [7, 11) is 1.28. The van der Waals surface area contributed by atoms with Crippen LogP contribution in [0.25, 0.3) is 16.7 Å². The third kappa shape index (κ3) is 3.95. The average molecular weight is 496 g/mol. The lowest BCUT2D eigenvalue weighted by atomic mass is 10.1. The van der Waals surface area contributed by atoms with Crippen molar-refractivity contribution in [2.75, 3.05) is 18.2 Å². The molecule has 4 aromatic rings. The van der Waals surface area contributed by atoms with E-state index in [0.717, 1.165) is 5.69 Å². The van der Waals surface area contributed by atoms with Crippen molar-refractivity contribution in [3.05, 3.63) is 75.7 Å². The molecule has 5 rings (SSSR count). The first kappa shape index (κ1) is 22.2. The molecule has 0 saturated heterocycles. The van der Waals surface area contributed by atoms with Crippen molar-refractivity contribution in [1.82, 2.24) is 19.3 Å². The summed E-state index contributed by atoms with van der Waals surface area (Å²) < 4.78 is 7.92. The highest BCUT2D eigenvalue weighted by molar-refractivity contribution is 7.99. The van der Waals surface area contributed by atoms with E-state index in [1.54, 1.807) is 57.8 Å². The van der Waals surface area contributed by atoms with Crippen molar-refractivity contribution in [2.45, 2.75) is 17.6 Å². The highest BCUT2D eigenvalue weighted by atomic mass is 35.5. The number of nitrogens with one attached hydrogen (secondary N) is 1. The normalized spacial score (nSPS) is 14.7. The molecule has 3 heterocycles. The predicted octanol–water partition coefficient (Wildman–Crippen LogP) is 3.70. The van der Waals surface area contributed by atoms with E-state index in [0.29, 0.717) is 32.7 Å². The van der Waals surface area contributed by atoms with Gasteiger partial charge < -0.3 is 10.1 Å². The third-order valence-corrected chi connectivity index (χ3v) is 6.82. The summed E-state index contributed by atoms with van der Waals surface area (Å²) in [5, 5.41) is 8.59. The van der Waals surface area contributed by atoms with Crippen LogP contribution < -0.4 is 10.9 Å². The number of para-hydroxylation sites is 1. The van der Waals surface area contributed by atoms with Gasteiger partial charge in [-0.2, -0.15) is 5.10 Å². The molecule has 1 aliphatic heterocycles. The highest BCUT2D eigenvalue weighted by Gasteiger charge is 2.30. The van der Waals surface area contributed by atoms with E-state index in [4.69, 9.17) is 16.3 Å². The summed E-state index contributed by atoms with van der Waals surface area (Å²) in [6.07, 6.45) is 1.53. The van der Waals surface area contributed by atoms with E-state index >= 15 is 0 Å². The minimum atomic E-state index is -0.543. The standard InChI is InChI=1S/C23H18ClN5O4S/c1-33-22(32)16-4-2-3-5-18(16)26-19(30)10-15-12-34-23-27-20-17(21(31)28(15)23)11-25-29(20)14-8-6-13(24)7-9-14/h2-9,11,15H,10,12H2,1H3,(H,26,30). The van der Waals surface area contributed by atoms with Crippen LogP contribution in [-0.4, -0.2) is 44.1 Å². The van der Waals surface area contributed by atoms with Gasteiger partial charge in [-0.15, -0.1) is 0 Å². The van der Waals surface area contributed by atoms with Gasteiger partial charge in [-0.25, -0.2) is 14.5 Å². The number of nitrogens with zero attached hydrogens (tertiary/aromatic N) is 4. The fraction of sp³-hybridized carbons (Fsp3) is 0.174. The minimum Gasteiger partial charge on any atom is -0.465 e. The van der Waals surface area contributed by atoms with E-state index in [1.807, 2.05) is 0 Å². The van der Waals surface area contributed by atoms with Crippen molar-refractivity contribution in [2.24, 2.45) is 0 Å². The van der Waals surface area contributed by atoms with Gasteiger partial charge in [-0.1, -0.05) is 35.5 Å². The number of rotatable bonds is 5. The molecular formula is C23H18ClN5O4S. The van der Waals surface area contributed by atoms with Gasteiger partial charge in [0.05, 0.1) is 36.3 Å². The predicted molar refractivity (Wildman–Crippen MR) is 129 cm³/mol. The second kappa shape index (κ2) is 8.96. The summed E-state index contributed by atoms with van der Waals surface area (Å²) in [5.41, 5.74) is 1.55. The maximum absolute atomic E-state index is 13.3. The van der Waals surface area contributed by atoms with Gasteiger partial charge in [0.25, 0.3) is 5.56 Å². The molecule has 34 heavy (non-hydrogen) atoms. The molecule has 0 aliphatic carbocycles. The highest BCUT2D eigenvalue weighted by Crippen LogP contribution is 2.33. The lowest BCUT2D eigenvalue weighted by Gasteiger charge is -2.14. The van der Waals surface area contributed by atoms with Crippen LogP contribution in [0.5, 0.6) is 0 Å². The Balaban J connectivity index is 1.42. The Morgan fingerprint density at radius 3 is 2.74 bits per heavy atom. The fourth-order valence-corrected chi connectivity index (χ4v) is 5.10. The topological polar surface area (TPSA) is 108 Å². The Hall–Kier alpha value is -3.63. The number of fused-ring (bicyclic) bond motifs is 2. The molecule has 2 aromatic heterocycles. The Kier molecular flexibility index (Phi) is 5.84. The molecule has 1 N–H and O–H groups in total. The van der Waals surface area contributed by atoms with Gasteiger partial charge in [0.2, 0.25) is 5.91 Å². The van der Waals surface area contributed by atoms with Crippen molar-refractivity contribution in [1.29, 1.82) is 0 Å². The number of esters is 1. The lowest BCUT2D eigenvalue weighted by molar-refractivity contribution is -0.116. The Morgan fingerprint density at radius 1 is 1.21 bits per heavy atom. The second-order valence-electron chi connectivity index (χ2n) is 7.59. The molecule has 1 atom stereocenters. The number of carbonyl (C=O) groups is 2. The zero-order valence-electron chi connectivity index (χ0n) is 17.9. The van der Waals surface area contributed by atoms with Crippen LogP contribution in [-0.2, 0) is 9.53 Å². The van der Waals surface area contributed by atoms with Crippen molar-refractivity contribution >= 4 is 52.0 Å². The maximum Gasteiger partial charge on any atom is 0.339 e. The van der Waals surface area contributed by atoms with E-state index < -0.39 is 5.97 Å². The number of thioether (sulfide) groups is 1. The van der Waals surface area contributed by atoms with Crippen molar-refractivity contribution in [3.8, 4) is 5.69 Å². The van der Waals surface area contributed by atoms with Crippen molar-refractivity contribution < 1.29 is 14.3 Å². The zero-order valence-corrected chi connectivity index (χ0v) is 19.5. The van der Waals surface area contributed by atoms with Crippen LogP contribution in [0.15, 0.2) is 64.7 Å². The quantitative estimate of drug-likeness (QED) is 0.332. The van der Waals surface area contributed by atoms with Gasteiger partial charge in [0.1, 0.15) is 5.39 Å². The Labute approximate surface area is 202 Å². The number of halogens is 1. The monoisotopic (exact) mass is 495 g/mol. The third-order valence-electron chi connectivity index (χ3n) is 5.47. The summed E-state index contributed by atoms with van der Waals surface area (Å²) in [4.78, 5) is 42.7. The van der Waals surface area contributed by atoms with Gasteiger partial charge in [0.15, 0.2) is 10.8 Å². The van der Waals surface area contributed by atoms with Crippen LogP contribution in [0.1, 0.15) is 22.8 Å². The Morgan fingerprint density at radius 2 is 1.97 bits per heavy atom. The van der Waals surface area contributed by atoms with Gasteiger partial charge >= 0.3 is 5.97 Å². The van der Waals surface area contributed by atoms with Crippen LogP contribution in [0.4, 0.5) is 5.69 Å². The molecule has 11 heteroatoms. The number of carbonyl (C=O) groups excluding carboxylic acids is 2. The number of methoxy groups -OCH3 is 1. The van der Waals surface area contributed by atoms with Crippen LogP contribution in [0, 0.1) is 0 Å². The number of aromatic nitrogens is 4. The molecule has 0 spiro atoms. The number of hydrogen-bond donors (Lipinski definition) is 1. The number of ether oxygens (including phenoxy) is 1. The van der Waals surface area contributed by atoms with E-state index in [1.165, 1.54) is 25.1 Å². The zero-order chi connectivity index (χ0) is 23.8. The molecule has 0 radical (unpaired) electrons. The molecule has 9 nitrogen and oxygen atoms in total. The second-order valence-corrected chi connectivity index (χ2v) is 9.02. The fourth-order valence-electron chi connectivity index (χ4n) is 3.85.